The minimum Gasteiger partial charge on any atom is -0.481 e. The highest BCUT2D eigenvalue weighted by molar-refractivity contribution is 5.81. The molecule has 1 aromatic rings. The molecule has 0 aliphatic rings. The van der Waals surface area contributed by atoms with Gasteiger partial charge in [-0.25, -0.2) is 0 Å². The summed E-state index contributed by atoms with van der Waals surface area (Å²) in [4.78, 5) is 22.5. The van der Waals surface area contributed by atoms with E-state index >= 15 is 0 Å². The smallest absolute Gasteiger partial charge is 0.416 e. The van der Waals surface area contributed by atoms with Crippen LogP contribution in [0.3, 0.4) is 0 Å². The number of carbonyl (C=O) groups is 2. The summed E-state index contributed by atoms with van der Waals surface area (Å²) in [5.74, 6) is 4.44. The van der Waals surface area contributed by atoms with Gasteiger partial charge in [-0.2, -0.15) is 13.2 Å². The zero-order valence-corrected chi connectivity index (χ0v) is 13.6. The highest BCUT2D eigenvalue weighted by Crippen LogP contribution is 2.31. The third-order valence-electron chi connectivity index (χ3n) is 2.83. The highest BCUT2D eigenvalue weighted by Gasteiger charge is 2.30. The fraction of sp³-hybridized carbons (Fsp3) is 0.412. The lowest BCUT2D eigenvalue weighted by Crippen LogP contribution is -2.24. The zero-order valence-electron chi connectivity index (χ0n) is 13.6. The Labute approximate surface area is 143 Å². The number of hydrogen-bond acceptors (Lipinski definition) is 4. The Morgan fingerprint density at radius 2 is 1.96 bits per heavy atom. The van der Waals surface area contributed by atoms with Crippen molar-refractivity contribution in [3.05, 3.63) is 29.8 Å². The molecule has 0 aliphatic carbocycles. The average molecular weight is 357 g/mol. The van der Waals surface area contributed by atoms with Crippen molar-refractivity contribution >= 4 is 11.9 Å². The molecule has 8 heteroatoms. The summed E-state index contributed by atoms with van der Waals surface area (Å²) >= 11 is 0. The van der Waals surface area contributed by atoms with Gasteiger partial charge in [0.2, 0.25) is 5.91 Å². The van der Waals surface area contributed by atoms with Crippen LogP contribution >= 0.6 is 0 Å². The lowest BCUT2D eigenvalue weighted by Gasteiger charge is -2.08. The molecule has 0 unspecified atom stereocenters. The first-order valence-electron chi connectivity index (χ1n) is 7.51. The van der Waals surface area contributed by atoms with Crippen molar-refractivity contribution in [2.45, 2.75) is 25.9 Å². The summed E-state index contributed by atoms with van der Waals surface area (Å²) in [6.07, 6.45) is -4.44. The zero-order chi connectivity index (χ0) is 18.7. The Morgan fingerprint density at radius 3 is 2.64 bits per heavy atom. The maximum Gasteiger partial charge on any atom is 0.416 e. The maximum atomic E-state index is 12.5. The quantitative estimate of drug-likeness (QED) is 0.602. The van der Waals surface area contributed by atoms with E-state index in [1.54, 1.807) is 6.92 Å². The molecule has 0 saturated carbocycles. The predicted octanol–water partition coefficient (Wildman–Crippen LogP) is 2.55. The molecule has 1 aromatic carbocycles. The van der Waals surface area contributed by atoms with Gasteiger partial charge in [0.15, 0.2) is 0 Å². The molecule has 5 nitrogen and oxygen atoms in total. The summed E-state index contributed by atoms with van der Waals surface area (Å²) in [5, 5.41) is 2.48. The minimum atomic E-state index is -4.43. The standard InChI is InChI=1S/C17H18F3NO4/c1-2-24-16(23)9-8-15(22)21-10-3-4-11-25-14-7-5-6-13(12-14)17(18,19)20/h5-7,12H,2,8-11H2,1H3,(H,21,22). The van der Waals surface area contributed by atoms with E-state index in [9.17, 15) is 22.8 Å². The van der Waals surface area contributed by atoms with E-state index in [1.807, 2.05) is 0 Å². The van der Waals surface area contributed by atoms with E-state index in [0.29, 0.717) is 0 Å². The second-order valence-electron chi connectivity index (χ2n) is 4.75. The molecule has 0 radical (unpaired) electrons. The minimum absolute atomic E-state index is 0.00124. The van der Waals surface area contributed by atoms with Gasteiger partial charge in [-0.1, -0.05) is 17.9 Å². The lowest BCUT2D eigenvalue weighted by atomic mass is 10.2. The van der Waals surface area contributed by atoms with Gasteiger partial charge in [0.25, 0.3) is 0 Å². The van der Waals surface area contributed by atoms with Crippen LogP contribution in [0.15, 0.2) is 24.3 Å². The lowest BCUT2D eigenvalue weighted by molar-refractivity contribution is -0.144. The summed E-state index contributed by atoms with van der Waals surface area (Å²) < 4.78 is 47.4. The van der Waals surface area contributed by atoms with Crippen molar-refractivity contribution < 1.29 is 32.2 Å². The van der Waals surface area contributed by atoms with Crippen LogP contribution in [0.2, 0.25) is 0 Å². The van der Waals surface area contributed by atoms with Crippen LogP contribution in [0.1, 0.15) is 25.3 Å². The van der Waals surface area contributed by atoms with E-state index in [0.717, 1.165) is 12.1 Å². The number of nitrogens with one attached hydrogen (secondary N) is 1. The average Bonchev–Trinajstić information content (AvgIpc) is 2.56. The summed E-state index contributed by atoms with van der Waals surface area (Å²) in [5.41, 5.74) is -0.799. The van der Waals surface area contributed by atoms with Gasteiger partial charge in [0, 0.05) is 6.42 Å². The van der Waals surface area contributed by atoms with Gasteiger partial charge in [-0.3, -0.25) is 9.59 Å². The number of carbonyl (C=O) groups excluding carboxylic acids is 2. The van der Waals surface area contributed by atoms with Crippen LogP contribution in [0.5, 0.6) is 5.75 Å². The van der Waals surface area contributed by atoms with Crippen molar-refractivity contribution in [3.8, 4) is 17.6 Å². The molecule has 0 aromatic heterocycles. The Balaban J connectivity index is 2.28. The topological polar surface area (TPSA) is 64.6 Å². The molecule has 0 atom stereocenters. The molecule has 1 amide bonds. The molecule has 0 bridgehead atoms. The van der Waals surface area contributed by atoms with Crippen molar-refractivity contribution in [2.75, 3.05) is 19.8 Å². The first-order chi connectivity index (χ1) is 11.8. The van der Waals surface area contributed by atoms with Crippen molar-refractivity contribution in [1.29, 1.82) is 0 Å². The largest absolute Gasteiger partial charge is 0.481 e. The molecule has 25 heavy (non-hydrogen) atoms. The van der Waals surface area contributed by atoms with E-state index < -0.39 is 17.7 Å². The van der Waals surface area contributed by atoms with E-state index in [4.69, 9.17) is 4.74 Å². The molecule has 0 aliphatic heterocycles. The van der Waals surface area contributed by atoms with Gasteiger partial charge >= 0.3 is 12.1 Å². The number of esters is 1. The molecule has 1 rings (SSSR count). The number of rotatable bonds is 7. The van der Waals surface area contributed by atoms with Crippen LogP contribution in [0.25, 0.3) is 0 Å². The summed E-state index contributed by atoms with van der Waals surface area (Å²) in [6.45, 7) is 1.88. The van der Waals surface area contributed by atoms with E-state index in [1.165, 1.54) is 12.1 Å². The van der Waals surface area contributed by atoms with Crippen LogP contribution < -0.4 is 10.1 Å². The fourth-order valence-corrected chi connectivity index (χ4v) is 1.68. The Morgan fingerprint density at radius 1 is 1.20 bits per heavy atom. The molecule has 1 N–H and O–H groups in total. The van der Waals surface area contributed by atoms with Gasteiger partial charge in [0.05, 0.1) is 25.1 Å². The van der Waals surface area contributed by atoms with Crippen LogP contribution in [0.4, 0.5) is 13.2 Å². The SMILES string of the molecule is CCOC(=O)CCC(=O)NCC#CCOc1cccc(C(F)(F)F)c1. The number of amides is 1. The first-order valence-corrected chi connectivity index (χ1v) is 7.51. The second-order valence-corrected chi connectivity index (χ2v) is 4.75. The molecular formula is C17H18F3NO4. The van der Waals surface area contributed by atoms with Gasteiger partial charge in [-0.05, 0) is 25.1 Å². The van der Waals surface area contributed by atoms with Crippen LogP contribution in [0, 0.1) is 11.8 Å². The molecule has 136 valence electrons. The highest BCUT2D eigenvalue weighted by atomic mass is 19.4. The number of hydrogen-bond donors (Lipinski definition) is 1. The number of ether oxygens (including phenoxy) is 2. The van der Waals surface area contributed by atoms with Crippen LogP contribution in [-0.2, 0) is 20.5 Å². The molecule has 0 heterocycles. The molecule has 0 spiro atoms. The predicted molar refractivity (Wildman–Crippen MR) is 83.6 cm³/mol. The Hall–Kier alpha value is -2.69. The second kappa shape index (κ2) is 10.2. The van der Waals surface area contributed by atoms with E-state index in [-0.39, 0.29) is 44.3 Å². The van der Waals surface area contributed by atoms with Crippen LogP contribution in [-0.4, -0.2) is 31.6 Å². The van der Waals surface area contributed by atoms with Crippen molar-refractivity contribution in [2.24, 2.45) is 0 Å². The van der Waals surface area contributed by atoms with Crippen molar-refractivity contribution in [3.63, 3.8) is 0 Å². The first kappa shape index (κ1) is 20.4. The Bertz CT molecular complexity index is 647. The van der Waals surface area contributed by atoms with Crippen molar-refractivity contribution in [1.82, 2.24) is 5.32 Å². The van der Waals surface area contributed by atoms with Gasteiger partial charge in [-0.15, -0.1) is 0 Å². The maximum absolute atomic E-state index is 12.5. The third-order valence-corrected chi connectivity index (χ3v) is 2.83. The Kier molecular flexibility index (Phi) is 8.33. The third kappa shape index (κ3) is 8.65. The fourth-order valence-electron chi connectivity index (χ4n) is 1.68. The summed E-state index contributed by atoms with van der Waals surface area (Å²) in [7, 11) is 0. The number of alkyl halides is 3. The molecule has 0 saturated heterocycles. The number of benzene rings is 1. The van der Waals surface area contributed by atoms with Gasteiger partial charge < -0.3 is 14.8 Å². The molecule has 0 fully saturated rings. The monoisotopic (exact) mass is 357 g/mol. The molecular weight excluding hydrogens is 339 g/mol. The normalized spacial score (nSPS) is 10.4. The van der Waals surface area contributed by atoms with E-state index in [2.05, 4.69) is 21.9 Å². The van der Waals surface area contributed by atoms with Gasteiger partial charge in [0.1, 0.15) is 12.4 Å². The number of halogens is 3. The summed E-state index contributed by atoms with van der Waals surface area (Å²) in [6, 6.07) is 4.48.